The molecule has 45 heavy (non-hydrogen) atoms. The molecule has 0 bridgehead atoms. The predicted octanol–water partition coefficient (Wildman–Crippen LogP) is 7.78. The average Bonchev–Trinajstić information content (AvgIpc) is 3.37. The summed E-state index contributed by atoms with van der Waals surface area (Å²) in [6.45, 7) is 3.07. The van der Waals surface area contributed by atoms with Crippen LogP contribution in [0.4, 0.5) is 5.69 Å². The highest BCUT2D eigenvalue weighted by Crippen LogP contribution is 2.51. The van der Waals surface area contributed by atoms with Gasteiger partial charge in [-0.3, -0.25) is 9.59 Å². The van der Waals surface area contributed by atoms with Crippen LogP contribution in [0.1, 0.15) is 47.7 Å². The van der Waals surface area contributed by atoms with Crippen LogP contribution < -0.4 is 20.1 Å². The minimum absolute atomic E-state index is 0.0238. The highest BCUT2D eigenvalue weighted by molar-refractivity contribution is 6.06. The summed E-state index contributed by atoms with van der Waals surface area (Å²) < 4.78 is 11.9. The monoisotopic (exact) mass is 597 g/mol. The Balaban J connectivity index is 1.10. The molecule has 7 nitrogen and oxygen atoms in total. The number of nitrogens with zero attached hydrogens (tertiary/aromatic N) is 1. The van der Waals surface area contributed by atoms with Gasteiger partial charge in [-0.25, -0.2) is 4.98 Å². The van der Waals surface area contributed by atoms with Crippen molar-refractivity contribution >= 4 is 17.5 Å². The van der Waals surface area contributed by atoms with Gasteiger partial charge in [-0.15, -0.1) is 0 Å². The molecule has 1 aliphatic carbocycles. The van der Waals surface area contributed by atoms with Gasteiger partial charge in [0.05, 0.1) is 24.1 Å². The first kappa shape index (κ1) is 29.6. The Morgan fingerprint density at radius 3 is 2.13 bits per heavy atom. The molecule has 0 saturated carbocycles. The van der Waals surface area contributed by atoms with Crippen LogP contribution in [-0.2, 0) is 10.2 Å². The number of para-hydroxylation sites is 2. The molecular weight excluding hydrogens is 562 g/mol. The van der Waals surface area contributed by atoms with E-state index in [2.05, 4.69) is 46.8 Å². The number of fused-ring (bicyclic) bond motifs is 3. The van der Waals surface area contributed by atoms with Crippen LogP contribution >= 0.6 is 0 Å². The highest BCUT2D eigenvalue weighted by Gasteiger charge is 2.48. The third-order valence-corrected chi connectivity index (χ3v) is 8.03. The van der Waals surface area contributed by atoms with Crippen LogP contribution in [0.2, 0.25) is 0 Å². The van der Waals surface area contributed by atoms with Crippen LogP contribution in [0.5, 0.6) is 17.4 Å². The minimum atomic E-state index is -0.784. The summed E-state index contributed by atoms with van der Waals surface area (Å²) in [5.41, 5.74) is 4.44. The third kappa shape index (κ3) is 6.15. The number of benzene rings is 4. The molecule has 0 unspecified atom stereocenters. The Kier molecular flexibility index (Phi) is 8.87. The van der Waals surface area contributed by atoms with E-state index in [0.29, 0.717) is 54.6 Å². The lowest BCUT2D eigenvalue weighted by atomic mass is 9.73. The maximum atomic E-state index is 13.8. The fraction of sp³-hybridized carbons (Fsp3) is 0.184. The zero-order valence-electron chi connectivity index (χ0n) is 25.2. The van der Waals surface area contributed by atoms with Crippen LogP contribution in [0.15, 0.2) is 121 Å². The summed E-state index contributed by atoms with van der Waals surface area (Å²) in [6, 6.07) is 36.3. The van der Waals surface area contributed by atoms with Gasteiger partial charge in [0, 0.05) is 12.6 Å². The lowest BCUT2D eigenvalue weighted by Crippen LogP contribution is -2.44. The highest BCUT2D eigenvalue weighted by atomic mass is 16.5. The van der Waals surface area contributed by atoms with Gasteiger partial charge >= 0.3 is 0 Å². The molecule has 6 rings (SSSR count). The summed E-state index contributed by atoms with van der Waals surface area (Å²) in [6.07, 6.45) is 3.66. The van der Waals surface area contributed by atoms with E-state index in [1.165, 1.54) is 0 Å². The number of ether oxygens (including phenoxy) is 2. The van der Waals surface area contributed by atoms with Crippen molar-refractivity contribution in [1.29, 1.82) is 0 Å². The van der Waals surface area contributed by atoms with E-state index in [9.17, 15) is 9.59 Å². The van der Waals surface area contributed by atoms with E-state index in [4.69, 9.17) is 9.47 Å². The minimum Gasteiger partial charge on any atom is -0.478 e. The number of aromatic nitrogens is 1. The first-order valence-electron chi connectivity index (χ1n) is 15.3. The molecule has 0 spiro atoms. The van der Waals surface area contributed by atoms with Crippen molar-refractivity contribution in [3.63, 3.8) is 0 Å². The summed E-state index contributed by atoms with van der Waals surface area (Å²) in [5, 5.41) is 6.06. The van der Waals surface area contributed by atoms with Crippen molar-refractivity contribution in [2.75, 3.05) is 18.5 Å². The van der Waals surface area contributed by atoms with Crippen molar-refractivity contribution in [3.05, 3.63) is 138 Å². The molecule has 0 saturated heterocycles. The molecule has 1 heterocycles. The normalized spacial score (nSPS) is 12.5. The van der Waals surface area contributed by atoms with Crippen molar-refractivity contribution in [3.8, 4) is 28.5 Å². The maximum absolute atomic E-state index is 13.8. The van der Waals surface area contributed by atoms with Crippen molar-refractivity contribution in [1.82, 2.24) is 10.3 Å². The van der Waals surface area contributed by atoms with E-state index in [1.807, 2.05) is 60.7 Å². The molecule has 0 atom stereocenters. The van der Waals surface area contributed by atoms with Gasteiger partial charge in [0.1, 0.15) is 16.9 Å². The van der Waals surface area contributed by atoms with Gasteiger partial charge in [-0.05, 0) is 71.8 Å². The van der Waals surface area contributed by atoms with Crippen molar-refractivity contribution < 1.29 is 19.1 Å². The first-order chi connectivity index (χ1) is 22.1. The summed E-state index contributed by atoms with van der Waals surface area (Å²) >= 11 is 0. The Bertz CT molecular complexity index is 1740. The van der Waals surface area contributed by atoms with Gasteiger partial charge in [0.15, 0.2) is 0 Å². The number of rotatable bonds is 12. The molecule has 2 N–H and O–H groups in total. The summed E-state index contributed by atoms with van der Waals surface area (Å²) in [7, 11) is 0. The zero-order chi connectivity index (χ0) is 31.1. The Morgan fingerprint density at radius 1 is 0.778 bits per heavy atom. The lowest BCUT2D eigenvalue weighted by molar-refractivity contribution is -0.125. The smallest absolute Gasteiger partial charge is 0.259 e. The van der Waals surface area contributed by atoms with E-state index < -0.39 is 5.41 Å². The number of pyridine rings is 1. The second-order valence-electron chi connectivity index (χ2n) is 11.0. The van der Waals surface area contributed by atoms with Gasteiger partial charge < -0.3 is 20.1 Å². The molecule has 226 valence electrons. The third-order valence-electron chi connectivity index (χ3n) is 8.03. The summed E-state index contributed by atoms with van der Waals surface area (Å²) in [4.78, 5) is 31.3. The zero-order valence-corrected chi connectivity index (χ0v) is 25.2. The number of amides is 2. The Hall–Kier alpha value is -5.43. The van der Waals surface area contributed by atoms with Gasteiger partial charge in [-0.1, -0.05) is 85.8 Å². The molecular formula is C38H35N3O4. The van der Waals surface area contributed by atoms with Crippen LogP contribution in [-0.4, -0.2) is 29.9 Å². The van der Waals surface area contributed by atoms with Gasteiger partial charge in [0.2, 0.25) is 11.8 Å². The Labute approximate surface area is 263 Å². The predicted molar refractivity (Wildman–Crippen MR) is 176 cm³/mol. The van der Waals surface area contributed by atoms with Crippen molar-refractivity contribution in [2.24, 2.45) is 0 Å². The number of anilines is 1. The van der Waals surface area contributed by atoms with Crippen LogP contribution in [0, 0.1) is 0 Å². The molecule has 4 aromatic carbocycles. The number of hydrogen-bond acceptors (Lipinski definition) is 5. The second kappa shape index (κ2) is 13.5. The van der Waals surface area contributed by atoms with Crippen LogP contribution in [0.3, 0.4) is 0 Å². The Morgan fingerprint density at radius 2 is 1.44 bits per heavy atom. The molecule has 1 aromatic heterocycles. The quantitative estimate of drug-likeness (QED) is 0.143. The van der Waals surface area contributed by atoms with Crippen molar-refractivity contribution in [2.45, 2.75) is 31.6 Å². The molecule has 2 amide bonds. The number of nitrogens with one attached hydrogen (secondary N) is 2. The number of hydrogen-bond donors (Lipinski definition) is 2. The molecule has 0 radical (unpaired) electrons. The molecule has 0 fully saturated rings. The average molecular weight is 598 g/mol. The van der Waals surface area contributed by atoms with Crippen LogP contribution in [0.25, 0.3) is 11.1 Å². The topological polar surface area (TPSA) is 89.6 Å². The fourth-order valence-electron chi connectivity index (χ4n) is 5.95. The second-order valence-corrected chi connectivity index (χ2v) is 11.0. The number of carbonyl (C=O) groups excluding carboxylic acids is 2. The number of carbonyl (C=O) groups is 2. The molecule has 5 aromatic rings. The standard InChI is InChI=1S/C38H35N3O4/c1-2-24-39-37(43)38(32-18-9-6-15-29(32)30-16-7-10-19-33(30)38)23-12-25-44-35-22-21-27(26-40-35)41-36(42)31-17-8-11-20-34(31)45-28-13-4-3-5-14-28/h3-11,13-22,26H,2,12,23-25H2,1H3,(H,39,43)(H,41,42). The molecule has 1 aliphatic rings. The van der Waals surface area contributed by atoms with E-state index in [0.717, 1.165) is 28.7 Å². The summed E-state index contributed by atoms with van der Waals surface area (Å²) in [5.74, 6) is 1.27. The first-order valence-corrected chi connectivity index (χ1v) is 15.3. The van der Waals surface area contributed by atoms with Gasteiger partial charge in [-0.2, -0.15) is 0 Å². The lowest BCUT2D eigenvalue weighted by Gasteiger charge is -2.31. The molecule has 0 aliphatic heterocycles. The maximum Gasteiger partial charge on any atom is 0.259 e. The van der Waals surface area contributed by atoms with E-state index >= 15 is 0 Å². The van der Waals surface area contributed by atoms with E-state index in [-0.39, 0.29) is 11.8 Å². The van der Waals surface area contributed by atoms with E-state index in [1.54, 1.807) is 36.5 Å². The SMILES string of the molecule is CCCNC(=O)C1(CCCOc2ccc(NC(=O)c3ccccc3Oc3ccccc3)cn2)c2ccccc2-c2ccccc21. The van der Waals surface area contributed by atoms with Gasteiger partial charge in [0.25, 0.3) is 5.91 Å². The molecule has 7 heteroatoms. The largest absolute Gasteiger partial charge is 0.478 e. The fourth-order valence-corrected chi connectivity index (χ4v) is 5.95.